The number of carbonyl (C=O) groups excluding carboxylic acids is 3. The number of ketones is 1. The number of nitro benzene ring substituents is 1. The average Bonchev–Trinajstić information content (AvgIpc) is 2.80. The van der Waals surface area contributed by atoms with Crippen molar-refractivity contribution < 1.29 is 32.5 Å². The van der Waals surface area contributed by atoms with Gasteiger partial charge >= 0.3 is 5.97 Å². The first-order valence-corrected chi connectivity index (χ1v) is 12.2. The summed E-state index contributed by atoms with van der Waals surface area (Å²) in [6.45, 7) is 1.17. The van der Waals surface area contributed by atoms with Gasteiger partial charge in [-0.15, -0.1) is 0 Å². The number of aryl methyl sites for hydroxylation is 1. The minimum atomic E-state index is -3.43. The molecule has 1 heterocycles. The van der Waals surface area contributed by atoms with E-state index in [1.807, 2.05) is 0 Å². The summed E-state index contributed by atoms with van der Waals surface area (Å²) in [5.41, 5.74) is 1.25. The van der Waals surface area contributed by atoms with Crippen LogP contribution in [0.3, 0.4) is 0 Å². The van der Waals surface area contributed by atoms with Gasteiger partial charge in [0, 0.05) is 29.8 Å². The van der Waals surface area contributed by atoms with Crippen LogP contribution in [0, 0.1) is 10.1 Å². The van der Waals surface area contributed by atoms with E-state index in [9.17, 15) is 32.9 Å². The van der Waals surface area contributed by atoms with E-state index in [0.29, 0.717) is 30.6 Å². The van der Waals surface area contributed by atoms with Gasteiger partial charge in [-0.1, -0.05) is 6.07 Å². The van der Waals surface area contributed by atoms with Crippen molar-refractivity contribution in [1.82, 2.24) is 5.32 Å². The molecule has 34 heavy (non-hydrogen) atoms. The van der Waals surface area contributed by atoms with Crippen LogP contribution in [0.5, 0.6) is 0 Å². The first-order valence-electron chi connectivity index (χ1n) is 10.3. The summed E-state index contributed by atoms with van der Waals surface area (Å²) in [4.78, 5) is 47.2. The SMILES string of the molecule is CC(NC(=O)c1cccc([N+](=O)[O-])c1)C(=O)OCC(=O)c1ccc2c(c1)CCCN2S(C)(=O)=O. The Bertz CT molecular complexity index is 1260. The summed E-state index contributed by atoms with van der Waals surface area (Å²) < 4.78 is 30.2. The number of nitro groups is 1. The quantitative estimate of drug-likeness (QED) is 0.255. The van der Waals surface area contributed by atoms with Gasteiger partial charge in [0.1, 0.15) is 6.04 Å². The van der Waals surface area contributed by atoms with Crippen molar-refractivity contribution in [2.24, 2.45) is 0 Å². The number of sulfonamides is 1. The monoisotopic (exact) mass is 489 g/mol. The van der Waals surface area contributed by atoms with Crippen molar-refractivity contribution in [3.63, 3.8) is 0 Å². The number of amides is 1. The number of fused-ring (bicyclic) bond motifs is 1. The first-order chi connectivity index (χ1) is 16.0. The lowest BCUT2D eigenvalue weighted by atomic mass is 9.99. The largest absolute Gasteiger partial charge is 0.456 e. The van der Waals surface area contributed by atoms with Gasteiger partial charge in [0.15, 0.2) is 12.4 Å². The molecule has 1 N–H and O–H groups in total. The number of rotatable bonds is 8. The molecule has 0 radical (unpaired) electrons. The molecular formula is C22H23N3O8S. The number of non-ortho nitro benzene ring substituents is 1. The molecule has 2 aromatic carbocycles. The number of Topliss-reactive ketones (excluding diaryl/α,β-unsaturated/α-hetero) is 1. The topological polar surface area (TPSA) is 153 Å². The zero-order valence-corrected chi connectivity index (χ0v) is 19.3. The molecule has 0 saturated heterocycles. The fourth-order valence-corrected chi connectivity index (χ4v) is 4.52. The highest BCUT2D eigenvalue weighted by atomic mass is 32.2. The van der Waals surface area contributed by atoms with Gasteiger partial charge in [-0.2, -0.15) is 0 Å². The fourth-order valence-electron chi connectivity index (χ4n) is 3.53. The third-order valence-corrected chi connectivity index (χ3v) is 6.42. The number of nitrogens with zero attached hydrogens (tertiary/aromatic N) is 2. The molecule has 11 nitrogen and oxygen atoms in total. The number of ether oxygens (including phenoxy) is 1. The van der Waals surface area contributed by atoms with E-state index in [4.69, 9.17) is 4.74 Å². The number of hydrogen-bond donors (Lipinski definition) is 1. The third kappa shape index (κ3) is 5.76. The Labute approximate surface area is 195 Å². The molecule has 0 spiro atoms. The molecule has 3 rings (SSSR count). The Morgan fingerprint density at radius 3 is 2.59 bits per heavy atom. The summed E-state index contributed by atoms with van der Waals surface area (Å²) in [5, 5.41) is 13.2. The van der Waals surface area contributed by atoms with Crippen LogP contribution < -0.4 is 9.62 Å². The van der Waals surface area contributed by atoms with Gasteiger partial charge in [-0.3, -0.25) is 24.0 Å². The van der Waals surface area contributed by atoms with Crippen LogP contribution in [-0.4, -0.2) is 56.5 Å². The van der Waals surface area contributed by atoms with Crippen LogP contribution >= 0.6 is 0 Å². The number of nitrogens with one attached hydrogen (secondary N) is 1. The van der Waals surface area contributed by atoms with Crippen molar-refractivity contribution in [2.75, 3.05) is 23.7 Å². The van der Waals surface area contributed by atoms with Gasteiger partial charge in [0.05, 0.1) is 16.9 Å². The second-order valence-electron chi connectivity index (χ2n) is 7.82. The van der Waals surface area contributed by atoms with Crippen molar-refractivity contribution in [2.45, 2.75) is 25.8 Å². The van der Waals surface area contributed by atoms with Crippen LogP contribution in [0.2, 0.25) is 0 Å². The highest BCUT2D eigenvalue weighted by Gasteiger charge is 2.25. The molecule has 1 atom stereocenters. The number of esters is 1. The third-order valence-electron chi connectivity index (χ3n) is 5.24. The maximum Gasteiger partial charge on any atom is 0.328 e. The second-order valence-corrected chi connectivity index (χ2v) is 9.72. The first kappa shape index (κ1) is 24.8. The van der Waals surface area contributed by atoms with Gasteiger partial charge in [0.2, 0.25) is 10.0 Å². The van der Waals surface area contributed by atoms with Gasteiger partial charge in [0.25, 0.3) is 11.6 Å². The smallest absolute Gasteiger partial charge is 0.328 e. The second kappa shape index (κ2) is 10.00. The molecule has 2 aromatic rings. The molecule has 1 aliphatic heterocycles. The Hall–Kier alpha value is -3.80. The normalized spacial score (nSPS) is 14.0. The number of anilines is 1. The molecule has 12 heteroatoms. The Morgan fingerprint density at radius 2 is 1.91 bits per heavy atom. The Kier molecular flexibility index (Phi) is 7.30. The lowest BCUT2D eigenvalue weighted by Gasteiger charge is -2.29. The van der Waals surface area contributed by atoms with Crippen molar-refractivity contribution in [3.8, 4) is 0 Å². The maximum absolute atomic E-state index is 12.5. The number of benzene rings is 2. The Balaban J connectivity index is 1.59. The summed E-state index contributed by atoms with van der Waals surface area (Å²) in [5.74, 6) is -2.04. The van der Waals surface area contributed by atoms with E-state index in [1.54, 1.807) is 12.1 Å². The average molecular weight is 490 g/mol. The van der Waals surface area contributed by atoms with Crippen molar-refractivity contribution >= 4 is 39.1 Å². The standard InChI is InChI=1S/C22H23N3O8S/c1-14(23-21(27)17-5-3-7-18(12-17)25(29)30)22(28)33-13-20(26)16-8-9-19-15(11-16)6-4-10-24(19)34(2,31)32/h3,5,7-9,11-12,14H,4,6,10,13H2,1-2H3,(H,23,27). The molecule has 0 fully saturated rings. The van der Waals surface area contributed by atoms with Crippen LogP contribution in [0.4, 0.5) is 11.4 Å². The van der Waals surface area contributed by atoms with Crippen LogP contribution in [0.15, 0.2) is 42.5 Å². The molecular weight excluding hydrogens is 466 g/mol. The maximum atomic E-state index is 12.5. The van der Waals surface area contributed by atoms with E-state index in [2.05, 4.69) is 5.32 Å². The lowest BCUT2D eigenvalue weighted by Crippen LogP contribution is -2.40. The van der Waals surface area contributed by atoms with Crippen molar-refractivity contribution in [3.05, 3.63) is 69.3 Å². The molecule has 0 aromatic heterocycles. The zero-order chi connectivity index (χ0) is 25.0. The van der Waals surface area contributed by atoms with Gasteiger partial charge < -0.3 is 10.1 Å². The summed E-state index contributed by atoms with van der Waals surface area (Å²) in [6, 6.07) is 8.56. The van der Waals surface area contributed by atoms with Crippen LogP contribution in [0.1, 0.15) is 39.6 Å². The number of carbonyl (C=O) groups is 3. The molecule has 0 bridgehead atoms. The van der Waals surface area contributed by atoms with Crippen molar-refractivity contribution in [1.29, 1.82) is 0 Å². The molecule has 0 aliphatic carbocycles. The summed E-state index contributed by atoms with van der Waals surface area (Å²) >= 11 is 0. The van der Waals surface area contributed by atoms with E-state index in [0.717, 1.165) is 12.3 Å². The van der Waals surface area contributed by atoms with Gasteiger partial charge in [-0.05, 0) is 49.6 Å². The molecule has 0 saturated carbocycles. The fraction of sp³-hybridized carbons (Fsp3) is 0.318. The Morgan fingerprint density at radius 1 is 1.18 bits per heavy atom. The number of hydrogen-bond acceptors (Lipinski definition) is 8. The molecule has 1 unspecified atom stereocenters. The highest BCUT2D eigenvalue weighted by Crippen LogP contribution is 2.30. The van der Waals surface area contributed by atoms with E-state index in [1.165, 1.54) is 35.5 Å². The summed E-state index contributed by atoms with van der Waals surface area (Å²) in [7, 11) is -3.43. The molecule has 1 amide bonds. The van der Waals surface area contributed by atoms with Crippen LogP contribution in [-0.2, 0) is 26.0 Å². The molecule has 180 valence electrons. The zero-order valence-electron chi connectivity index (χ0n) is 18.5. The minimum absolute atomic E-state index is 0.00197. The minimum Gasteiger partial charge on any atom is -0.456 e. The lowest BCUT2D eigenvalue weighted by molar-refractivity contribution is -0.384. The molecule has 1 aliphatic rings. The van der Waals surface area contributed by atoms with E-state index in [-0.39, 0.29) is 16.8 Å². The van der Waals surface area contributed by atoms with Gasteiger partial charge in [-0.25, -0.2) is 13.2 Å². The van der Waals surface area contributed by atoms with E-state index >= 15 is 0 Å². The predicted octanol–water partition coefficient (Wildman–Crippen LogP) is 1.85. The van der Waals surface area contributed by atoms with E-state index < -0.39 is 45.3 Å². The summed E-state index contributed by atoms with van der Waals surface area (Å²) in [6.07, 6.45) is 2.36. The van der Waals surface area contributed by atoms with Crippen LogP contribution in [0.25, 0.3) is 0 Å². The predicted molar refractivity (Wildman–Crippen MR) is 122 cm³/mol. The highest BCUT2D eigenvalue weighted by molar-refractivity contribution is 7.92.